The van der Waals surface area contributed by atoms with Crippen molar-refractivity contribution in [3.05, 3.63) is 90.0 Å². The number of ether oxygens (including phenoxy) is 2. The maximum Gasteiger partial charge on any atom is 0.387 e. The van der Waals surface area contributed by atoms with Crippen LogP contribution in [0.25, 0.3) is 0 Å². The van der Waals surface area contributed by atoms with Crippen molar-refractivity contribution in [1.82, 2.24) is 5.32 Å². The maximum atomic E-state index is 13.1. The summed E-state index contributed by atoms with van der Waals surface area (Å²) in [4.78, 5) is 13.1. The van der Waals surface area contributed by atoms with Crippen molar-refractivity contribution < 1.29 is 23.0 Å². The Kier molecular flexibility index (Phi) is 7.95. The molecule has 3 aromatic rings. The number of carbonyl (C=O) groups is 1. The van der Waals surface area contributed by atoms with Crippen LogP contribution in [0.15, 0.2) is 78.9 Å². The SMILES string of the molecule is CCOc1ccccc1NC(=O)[C@@H](NCc1ccc(OC(F)F)cc1)c1ccccc1. The first-order valence-corrected chi connectivity index (χ1v) is 9.91. The molecule has 2 N–H and O–H groups in total. The highest BCUT2D eigenvalue weighted by Crippen LogP contribution is 2.25. The van der Waals surface area contributed by atoms with Crippen molar-refractivity contribution in [3.63, 3.8) is 0 Å². The first-order chi connectivity index (χ1) is 15.1. The molecular formula is C24H24F2N2O3. The molecule has 0 spiro atoms. The van der Waals surface area contributed by atoms with Gasteiger partial charge in [0, 0.05) is 6.54 Å². The lowest BCUT2D eigenvalue weighted by Gasteiger charge is -2.20. The van der Waals surface area contributed by atoms with E-state index in [-0.39, 0.29) is 11.7 Å². The van der Waals surface area contributed by atoms with E-state index in [0.717, 1.165) is 11.1 Å². The molecule has 0 unspecified atom stereocenters. The minimum atomic E-state index is -2.87. The van der Waals surface area contributed by atoms with Crippen LogP contribution >= 0.6 is 0 Å². The normalized spacial score (nSPS) is 11.7. The molecule has 3 aromatic carbocycles. The number of alkyl halides is 2. The monoisotopic (exact) mass is 426 g/mol. The number of anilines is 1. The smallest absolute Gasteiger partial charge is 0.387 e. The van der Waals surface area contributed by atoms with Gasteiger partial charge in [-0.25, -0.2) is 0 Å². The van der Waals surface area contributed by atoms with Crippen molar-refractivity contribution in [2.75, 3.05) is 11.9 Å². The largest absolute Gasteiger partial charge is 0.492 e. The van der Waals surface area contributed by atoms with E-state index in [2.05, 4.69) is 15.4 Å². The number of halogens is 2. The molecule has 0 fully saturated rings. The summed E-state index contributed by atoms with van der Waals surface area (Å²) in [5, 5.41) is 6.17. The molecule has 0 saturated heterocycles. The predicted molar refractivity (Wildman–Crippen MR) is 115 cm³/mol. The summed E-state index contributed by atoms with van der Waals surface area (Å²) in [5.41, 5.74) is 2.21. The van der Waals surface area contributed by atoms with Crippen LogP contribution < -0.4 is 20.1 Å². The summed E-state index contributed by atoms with van der Waals surface area (Å²) in [7, 11) is 0. The molecule has 0 aromatic heterocycles. The van der Waals surface area contributed by atoms with Crippen LogP contribution in [-0.2, 0) is 11.3 Å². The second-order valence-corrected chi connectivity index (χ2v) is 6.67. The van der Waals surface area contributed by atoms with E-state index in [4.69, 9.17) is 4.74 Å². The number of amides is 1. The van der Waals surface area contributed by atoms with Gasteiger partial charge in [0.2, 0.25) is 5.91 Å². The average Bonchev–Trinajstić information content (AvgIpc) is 2.77. The van der Waals surface area contributed by atoms with Crippen LogP contribution in [0.1, 0.15) is 24.1 Å². The van der Waals surface area contributed by atoms with E-state index in [1.807, 2.05) is 49.4 Å². The van der Waals surface area contributed by atoms with Gasteiger partial charge in [-0.05, 0) is 42.3 Å². The maximum absolute atomic E-state index is 13.1. The van der Waals surface area contributed by atoms with Crippen LogP contribution in [0.4, 0.5) is 14.5 Å². The Morgan fingerprint density at radius 1 is 0.935 bits per heavy atom. The lowest BCUT2D eigenvalue weighted by Crippen LogP contribution is -2.32. The van der Waals surface area contributed by atoms with Gasteiger partial charge in [-0.1, -0.05) is 54.6 Å². The first kappa shape index (κ1) is 22.2. The van der Waals surface area contributed by atoms with E-state index in [9.17, 15) is 13.6 Å². The second kappa shape index (κ2) is 11.1. The molecule has 31 heavy (non-hydrogen) atoms. The zero-order valence-electron chi connectivity index (χ0n) is 17.1. The Bertz CT molecular complexity index is 966. The van der Waals surface area contributed by atoms with Gasteiger partial charge in [-0.2, -0.15) is 8.78 Å². The second-order valence-electron chi connectivity index (χ2n) is 6.67. The Labute approximate surface area is 180 Å². The molecule has 0 aliphatic rings. The van der Waals surface area contributed by atoms with Gasteiger partial charge >= 0.3 is 6.61 Å². The topological polar surface area (TPSA) is 59.6 Å². The minimum absolute atomic E-state index is 0.0867. The van der Waals surface area contributed by atoms with Gasteiger partial charge in [0.1, 0.15) is 17.5 Å². The molecule has 0 heterocycles. The zero-order chi connectivity index (χ0) is 22.1. The standard InChI is InChI=1S/C24H24F2N2O3/c1-2-30-21-11-7-6-10-20(21)28-23(29)22(18-8-4-3-5-9-18)27-16-17-12-14-19(15-13-17)31-24(25)26/h3-15,22,24,27H,2,16H2,1H3,(H,28,29)/t22-/m0/s1. The summed E-state index contributed by atoms with van der Waals surface area (Å²) in [6.07, 6.45) is 0. The van der Waals surface area contributed by atoms with Crippen LogP contribution in [0.3, 0.4) is 0 Å². The van der Waals surface area contributed by atoms with Crippen molar-refractivity contribution in [1.29, 1.82) is 0 Å². The summed E-state index contributed by atoms with van der Waals surface area (Å²) in [6.45, 7) is -0.146. The van der Waals surface area contributed by atoms with Crippen molar-refractivity contribution >= 4 is 11.6 Å². The molecule has 5 nitrogen and oxygen atoms in total. The predicted octanol–water partition coefficient (Wildman–Crippen LogP) is 5.16. The van der Waals surface area contributed by atoms with Gasteiger partial charge in [-0.3, -0.25) is 10.1 Å². The molecule has 0 aliphatic heterocycles. The Hall–Kier alpha value is -3.45. The fourth-order valence-corrected chi connectivity index (χ4v) is 3.07. The fraction of sp³-hybridized carbons (Fsp3) is 0.208. The number of nitrogens with one attached hydrogen (secondary N) is 2. The van der Waals surface area contributed by atoms with Gasteiger partial charge in [0.25, 0.3) is 0 Å². The van der Waals surface area contributed by atoms with Gasteiger partial charge in [0.15, 0.2) is 0 Å². The van der Waals surface area contributed by atoms with E-state index in [1.54, 1.807) is 24.3 Å². The Balaban J connectivity index is 1.74. The highest BCUT2D eigenvalue weighted by Gasteiger charge is 2.21. The van der Waals surface area contributed by atoms with Gasteiger partial charge in [-0.15, -0.1) is 0 Å². The van der Waals surface area contributed by atoms with Crippen molar-refractivity contribution in [3.8, 4) is 11.5 Å². The Morgan fingerprint density at radius 2 is 1.61 bits per heavy atom. The molecule has 0 saturated carbocycles. The summed E-state index contributed by atoms with van der Waals surface area (Å²) in [6, 6.07) is 22.3. The third kappa shape index (κ3) is 6.52. The molecule has 7 heteroatoms. The highest BCUT2D eigenvalue weighted by atomic mass is 19.3. The number of para-hydroxylation sites is 2. The highest BCUT2D eigenvalue weighted by molar-refractivity contribution is 5.96. The lowest BCUT2D eigenvalue weighted by atomic mass is 10.1. The molecule has 0 aliphatic carbocycles. The minimum Gasteiger partial charge on any atom is -0.492 e. The van der Waals surface area contributed by atoms with Gasteiger partial charge in [0.05, 0.1) is 12.3 Å². The summed E-state index contributed by atoms with van der Waals surface area (Å²) >= 11 is 0. The van der Waals surface area contributed by atoms with Gasteiger partial charge < -0.3 is 14.8 Å². The van der Waals surface area contributed by atoms with Crippen LogP contribution in [0.2, 0.25) is 0 Å². The van der Waals surface area contributed by atoms with Crippen molar-refractivity contribution in [2.24, 2.45) is 0 Å². The lowest BCUT2D eigenvalue weighted by molar-refractivity contribution is -0.118. The van der Waals surface area contributed by atoms with Crippen molar-refractivity contribution in [2.45, 2.75) is 26.1 Å². The molecule has 162 valence electrons. The summed E-state index contributed by atoms with van der Waals surface area (Å²) < 4.78 is 34.6. The van der Waals surface area contributed by atoms with E-state index in [0.29, 0.717) is 24.6 Å². The number of benzene rings is 3. The molecular weight excluding hydrogens is 402 g/mol. The number of hydrogen-bond acceptors (Lipinski definition) is 4. The summed E-state index contributed by atoms with van der Waals surface area (Å²) in [5.74, 6) is 0.444. The molecule has 0 radical (unpaired) electrons. The average molecular weight is 426 g/mol. The Morgan fingerprint density at radius 3 is 2.29 bits per heavy atom. The number of carbonyl (C=O) groups excluding carboxylic acids is 1. The number of rotatable bonds is 10. The molecule has 3 rings (SSSR count). The van der Waals surface area contributed by atoms with E-state index in [1.165, 1.54) is 12.1 Å². The van der Waals surface area contributed by atoms with Crippen LogP contribution in [-0.4, -0.2) is 19.1 Å². The quantitative estimate of drug-likeness (QED) is 0.470. The van der Waals surface area contributed by atoms with E-state index >= 15 is 0 Å². The third-order valence-electron chi connectivity index (χ3n) is 4.50. The molecule has 1 amide bonds. The zero-order valence-corrected chi connectivity index (χ0v) is 17.1. The molecule has 0 bridgehead atoms. The van der Waals surface area contributed by atoms with Crippen LogP contribution in [0, 0.1) is 0 Å². The molecule has 1 atom stereocenters. The fourth-order valence-electron chi connectivity index (χ4n) is 3.07. The third-order valence-corrected chi connectivity index (χ3v) is 4.50. The number of hydrogen-bond donors (Lipinski definition) is 2. The van der Waals surface area contributed by atoms with Crippen LogP contribution in [0.5, 0.6) is 11.5 Å². The first-order valence-electron chi connectivity index (χ1n) is 9.91. The van der Waals surface area contributed by atoms with E-state index < -0.39 is 12.7 Å².